The van der Waals surface area contributed by atoms with E-state index >= 15 is 0 Å². The Hall–Kier alpha value is -2.79. The van der Waals surface area contributed by atoms with Crippen LogP contribution in [0.3, 0.4) is 0 Å². The number of nitrogen functional groups attached to an aromatic ring is 1. The summed E-state index contributed by atoms with van der Waals surface area (Å²) in [5.41, 5.74) is 17.1. The van der Waals surface area contributed by atoms with Crippen LogP contribution in [0.1, 0.15) is 19.7 Å². The Bertz CT molecular complexity index is 888. The zero-order valence-electron chi connectivity index (χ0n) is 12.6. The summed E-state index contributed by atoms with van der Waals surface area (Å²) < 4.78 is 2.09. The number of imidazole rings is 1. The molecule has 7 nitrogen and oxygen atoms in total. The average molecular weight is 295 g/mol. The molecule has 0 aliphatic heterocycles. The molecule has 7 heteroatoms. The van der Waals surface area contributed by atoms with E-state index < -0.39 is 0 Å². The van der Waals surface area contributed by atoms with E-state index in [1.54, 1.807) is 0 Å². The summed E-state index contributed by atoms with van der Waals surface area (Å²) in [6.07, 6.45) is 0. The Balaban J connectivity index is 2.39. The number of azide groups is 1. The van der Waals surface area contributed by atoms with Crippen molar-refractivity contribution in [2.75, 3.05) is 5.73 Å². The van der Waals surface area contributed by atoms with Crippen LogP contribution >= 0.6 is 0 Å². The van der Waals surface area contributed by atoms with E-state index in [2.05, 4.69) is 38.4 Å². The van der Waals surface area contributed by atoms with E-state index in [4.69, 9.17) is 11.3 Å². The van der Waals surface area contributed by atoms with Crippen LogP contribution < -0.4 is 5.73 Å². The van der Waals surface area contributed by atoms with Gasteiger partial charge in [0.05, 0.1) is 17.6 Å². The highest BCUT2D eigenvalue weighted by molar-refractivity contribution is 6.06. The Labute approximate surface area is 127 Å². The first-order valence-electron chi connectivity index (χ1n) is 7.16. The minimum Gasteiger partial charge on any atom is -0.382 e. The lowest BCUT2D eigenvalue weighted by Gasteiger charge is -2.12. The molecule has 0 unspecified atom stereocenters. The van der Waals surface area contributed by atoms with Crippen molar-refractivity contribution in [1.29, 1.82) is 0 Å². The number of benzene rings is 1. The molecule has 3 rings (SSSR count). The maximum atomic E-state index is 8.59. The van der Waals surface area contributed by atoms with E-state index in [0.29, 0.717) is 23.1 Å². The number of hydrogen-bond donors (Lipinski definition) is 1. The fraction of sp³-hybridized carbons (Fsp3) is 0.333. The second kappa shape index (κ2) is 5.54. The van der Waals surface area contributed by atoms with E-state index in [-0.39, 0.29) is 6.54 Å². The molecule has 0 aliphatic rings. The molecule has 0 aliphatic carbocycles. The van der Waals surface area contributed by atoms with E-state index in [0.717, 1.165) is 23.0 Å². The van der Waals surface area contributed by atoms with Gasteiger partial charge in [0.25, 0.3) is 0 Å². The molecule has 2 N–H and O–H groups in total. The van der Waals surface area contributed by atoms with Crippen molar-refractivity contribution < 1.29 is 0 Å². The summed E-state index contributed by atoms with van der Waals surface area (Å²) in [5, 5.41) is 4.66. The van der Waals surface area contributed by atoms with Crippen LogP contribution in [0.2, 0.25) is 0 Å². The summed E-state index contributed by atoms with van der Waals surface area (Å²) in [4.78, 5) is 11.8. The Morgan fingerprint density at radius 1 is 1.32 bits per heavy atom. The lowest BCUT2D eigenvalue weighted by molar-refractivity contribution is 0.518. The van der Waals surface area contributed by atoms with Crippen molar-refractivity contribution in [3.05, 3.63) is 40.5 Å². The quantitative estimate of drug-likeness (QED) is 0.451. The molecule has 0 radical (unpaired) electrons. The number of rotatable bonds is 4. The molecule has 0 saturated heterocycles. The molecule has 112 valence electrons. The minimum atomic E-state index is 0.200. The predicted octanol–water partition coefficient (Wildman–Crippen LogP) is 3.63. The number of pyridine rings is 1. The Morgan fingerprint density at radius 2 is 2.09 bits per heavy atom. The van der Waals surface area contributed by atoms with Gasteiger partial charge in [0.15, 0.2) is 5.82 Å². The van der Waals surface area contributed by atoms with Crippen molar-refractivity contribution in [3.8, 4) is 0 Å². The summed E-state index contributed by atoms with van der Waals surface area (Å²) in [6, 6.07) is 7.86. The van der Waals surface area contributed by atoms with Crippen molar-refractivity contribution >= 4 is 27.8 Å². The average Bonchev–Trinajstić information content (AvgIpc) is 2.84. The molecule has 22 heavy (non-hydrogen) atoms. The van der Waals surface area contributed by atoms with Gasteiger partial charge in [0.2, 0.25) is 0 Å². The van der Waals surface area contributed by atoms with Crippen LogP contribution in [-0.2, 0) is 13.1 Å². The highest BCUT2D eigenvalue weighted by Gasteiger charge is 2.17. The number of aromatic nitrogens is 3. The van der Waals surface area contributed by atoms with Crippen molar-refractivity contribution in [2.24, 2.45) is 11.0 Å². The van der Waals surface area contributed by atoms with Crippen molar-refractivity contribution in [3.63, 3.8) is 0 Å². The van der Waals surface area contributed by atoms with E-state index in [1.807, 2.05) is 24.3 Å². The zero-order valence-corrected chi connectivity index (χ0v) is 12.6. The third kappa shape index (κ3) is 2.31. The molecule has 2 heterocycles. The zero-order chi connectivity index (χ0) is 15.7. The van der Waals surface area contributed by atoms with Gasteiger partial charge in [-0.3, -0.25) is 0 Å². The second-order valence-electron chi connectivity index (χ2n) is 5.63. The summed E-state index contributed by atoms with van der Waals surface area (Å²) in [6.45, 7) is 5.25. The summed E-state index contributed by atoms with van der Waals surface area (Å²) >= 11 is 0. The van der Waals surface area contributed by atoms with Gasteiger partial charge in [-0.1, -0.05) is 37.2 Å². The van der Waals surface area contributed by atoms with Crippen LogP contribution in [0.5, 0.6) is 0 Å². The molecule has 0 bridgehead atoms. The standard InChI is InChI=1S/C15H17N7/c1-9(2)8-22-12(7-18-21-17)20-13-14(22)10-5-3-4-6-11(10)19-15(13)16/h3-6,9H,7-8H2,1-2H3,(H2,16,19). The van der Waals surface area contributed by atoms with Crippen LogP contribution in [-0.4, -0.2) is 14.5 Å². The number of fused-ring (bicyclic) bond motifs is 3. The van der Waals surface area contributed by atoms with Gasteiger partial charge >= 0.3 is 0 Å². The van der Waals surface area contributed by atoms with Gasteiger partial charge in [-0.25, -0.2) is 9.97 Å². The molecular formula is C15H17N7. The highest BCUT2D eigenvalue weighted by Crippen LogP contribution is 2.29. The highest BCUT2D eigenvalue weighted by atomic mass is 15.2. The van der Waals surface area contributed by atoms with Crippen LogP contribution in [0.4, 0.5) is 5.82 Å². The molecular weight excluding hydrogens is 278 g/mol. The van der Waals surface area contributed by atoms with Crippen LogP contribution in [0.15, 0.2) is 29.4 Å². The number of nitrogens with two attached hydrogens (primary N) is 1. The molecule has 0 fully saturated rings. The minimum absolute atomic E-state index is 0.200. The molecule has 0 amide bonds. The van der Waals surface area contributed by atoms with Crippen LogP contribution in [0, 0.1) is 5.92 Å². The first kappa shape index (κ1) is 14.2. The second-order valence-corrected chi connectivity index (χ2v) is 5.63. The fourth-order valence-corrected chi connectivity index (χ4v) is 2.68. The number of nitrogens with zero attached hydrogens (tertiary/aromatic N) is 6. The summed E-state index contributed by atoms with van der Waals surface area (Å²) in [5.74, 6) is 1.54. The first-order chi connectivity index (χ1) is 10.6. The molecule has 2 aromatic heterocycles. The largest absolute Gasteiger partial charge is 0.382 e. The van der Waals surface area contributed by atoms with Crippen molar-refractivity contribution in [1.82, 2.24) is 14.5 Å². The monoisotopic (exact) mass is 295 g/mol. The number of anilines is 1. The SMILES string of the molecule is CC(C)Cn1c(CN=[N+]=[N-])nc2c(N)nc3ccccc3c21. The Morgan fingerprint density at radius 3 is 2.82 bits per heavy atom. The third-order valence-electron chi connectivity index (χ3n) is 3.51. The van der Waals surface area contributed by atoms with E-state index in [9.17, 15) is 0 Å². The van der Waals surface area contributed by atoms with Gasteiger partial charge in [-0.2, -0.15) is 0 Å². The van der Waals surface area contributed by atoms with Gasteiger partial charge in [-0.05, 0) is 17.5 Å². The smallest absolute Gasteiger partial charge is 0.152 e. The third-order valence-corrected chi connectivity index (χ3v) is 3.51. The first-order valence-corrected chi connectivity index (χ1v) is 7.16. The van der Waals surface area contributed by atoms with Gasteiger partial charge in [0, 0.05) is 16.8 Å². The predicted molar refractivity (Wildman–Crippen MR) is 87.1 cm³/mol. The van der Waals surface area contributed by atoms with Crippen LogP contribution in [0.25, 0.3) is 32.4 Å². The Kier molecular flexibility index (Phi) is 3.56. The number of hydrogen-bond acceptors (Lipinski definition) is 4. The van der Waals surface area contributed by atoms with Gasteiger partial charge < -0.3 is 10.3 Å². The molecule has 0 atom stereocenters. The fourth-order valence-electron chi connectivity index (χ4n) is 2.68. The molecule has 0 saturated carbocycles. The summed E-state index contributed by atoms with van der Waals surface area (Å²) in [7, 11) is 0. The molecule has 1 aromatic carbocycles. The lowest BCUT2D eigenvalue weighted by Crippen LogP contribution is -2.08. The van der Waals surface area contributed by atoms with Gasteiger partial charge in [-0.15, -0.1) is 0 Å². The van der Waals surface area contributed by atoms with Crippen molar-refractivity contribution in [2.45, 2.75) is 26.9 Å². The normalized spacial score (nSPS) is 11.2. The molecule has 3 aromatic rings. The number of para-hydroxylation sites is 1. The lowest BCUT2D eigenvalue weighted by atomic mass is 10.1. The molecule has 0 spiro atoms. The topological polar surface area (TPSA) is 105 Å². The van der Waals surface area contributed by atoms with Gasteiger partial charge in [0.1, 0.15) is 11.3 Å². The maximum absolute atomic E-state index is 8.59. The van der Waals surface area contributed by atoms with E-state index in [1.165, 1.54) is 0 Å². The maximum Gasteiger partial charge on any atom is 0.152 e.